The molecule has 6 heteroatoms. The second-order valence-corrected chi connectivity index (χ2v) is 7.51. The van der Waals surface area contributed by atoms with E-state index in [2.05, 4.69) is 5.32 Å². The number of hydrogen-bond donors (Lipinski definition) is 1. The summed E-state index contributed by atoms with van der Waals surface area (Å²) < 4.78 is 18.5. The van der Waals surface area contributed by atoms with Gasteiger partial charge in [0.1, 0.15) is 16.4 Å². The first-order chi connectivity index (χ1) is 13.4. The molecule has 0 spiro atoms. The van der Waals surface area contributed by atoms with Crippen LogP contribution in [0.25, 0.3) is 11.1 Å². The summed E-state index contributed by atoms with van der Waals surface area (Å²) in [6.45, 7) is 5.73. The van der Waals surface area contributed by atoms with Crippen LogP contribution in [-0.2, 0) is 4.74 Å². The summed E-state index contributed by atoms with van der Waals surface area (Å²) >= 11 is 1.29. The molecule has 0 unspecified atom stereocenters. The van der Waals surface area contributed by atoms with Crippen molar-refractivity contribution in [3.8, 4) is 11.1 Å². The van der Waals surface area contributed by atoms with Crippen molar-refractivity contribution >= 4 is 28.2 Å². The van der Waals surface area contributed by atoms with Crippen molar-refractivity contribution in [2.24, 2.45) is 0 Å². The van der Waals surface area contributed by atoms with Gasteiger partial charge in [-0.3, -0.25) is 4.79 Å². The van der Waals surface area contributed by atoms with E-state index in [1.807, 2.05) is 26.0 Å². The monoisotopic (exact) mass is 397 g/mol. The van der Waals surface area contributed by atoms with E-state index in [0.29, 0.717) is 21.7 Å². The zero-order valence-corrected chi connectivity index (χ0v) is 16.7. The Hall–Kier alpha value is -2.99. The van der Waals surface area contributed by atoms with Crippen molar-refractivity contribution in [1.29, 1.82) is 0 Å². The van der Waals surface area contributed by atoms with Crippen molar-refractivity contribution in [2.75, 3.05) is 11.9 Å². The Morgan fingerprint density at radius 3 is 2.29 bits per heavy atom. The van der Waals surface area contributed by atoms with E-state index >= 15 is 0 Å². The number of benzene rings is 2. The molecule has 0 radical (unpaired) electrons. The lowest BCUT2D eigenvalue weighted by Gasteiger charge is -2.09. The third kappa shape index (κ3) is 4.12. The first-order valence-electron chi connectivity index (χ1n) is 8.85. The average molecular weight is 397 g/mol. The summed E-state index contributed by atoms with van der Waals surface area (Å²) in [6, 6.07) is 13.1. The zero-order chi connectivity index (χ0) is 20.3. The van der Waals surface area contributed by atoms with Gasteiger partial charge in [-0.05, 0) is 50.6 Å². The van der Waals surface area contributed by atoms with Gasteiger partial charge in [-0.15, -0.1) is 11.3 Å². The van der Waals surface area contributed by atoms with Crippen molar-refractivity contribution < 1.29 is 18.7 Å². The predicted octanol–water partition coefficient (Wildman–Crippen LogP) is 5.60. The van der Waals surface area contributed by atoms with Gasteiger partial charge < -0.3 is 10.1 Å². The quantitative estimate of drug-likeness (QED) is 0.570. The molecule has 0 aliphatic heterocycles. The predicted molar refractivity (Wildman–Crippen MR) is 110 cm³/mol. The Morgan fingerprint density at radius 2 is 1.68 bits per heavy atom. The minimum atomic E-state index is -0.523. The largest absolute Gasteiger partial charge is 0.462 e. The maximum absolute atomic E-state index is 13.3. The smallest absolute Gasteiger partial charge is 0.341 e. The first kappa shape index (κ1) is 19.8. The van der Waals surface area contributed by atoms with Crippen LogP contribution >= 0.6 is 11.3 Å². The third-order valence-corrected chi connectivity index (χ3v) is 5.26. The number of ether oxygens (including phenoxy) is 1. The second-order valence-electron chi connectivity index (χ2n) is 6.28. The van der Waals surface area contributed by atoms with Gasteiger partial charge in [0.05, 0.1) is 6.61 Å². The highest BCUT2D eigenvalue weighted by molar-refractivity contribution is 7.17. The van der Waals surface area contributed by atoms with Crippen molar-refractivity contribution in [2.45, 2.75) is 20.8 Å². The fourth-order valence-electron chi connectivity index (χ4n) is 2.88. The molecule has 0 atom stereocenters. The van der Waals surface area contributed by atoms with Crippen LogP contribution in [0.4, 0.5) is 9.39 Å². The lowest BCUT2D eigenvalue weighted by molar-refractivity contribution is 0.0529. The molecule has 3 aromatic rings. The van der Waals surface area contributed by atoms with E-state index in [1.165, 1.54) is 23.5 Å². The molecule has 3 rings (SSSR count). The van der Waals surface area contributed by atoms with Gasteiger partial charge in [-0.2, -0.15) is 0 Å². The number of carbonyl (C=O) groups is 2. The number of rotatable bonds is 5. The maximum atomic E-state index is 13.3. The molecule has 0 aliphatic carbocycles. The van der Waals surface area contributed by atoms with Crippen LogP contribution in [0, 0.1) is 19.7 Å². The minimum absolute atomic E-state index is 0.210. The first-order valence-corrected chi connectivity index (χ1v) is 9.66. The average Bonchev–Trinajstić information content (AvgIpc) is 2.99. The summed E-state index contributed by atoms with van der Waals surface area (Å²) in [4.78, 5) is 26.1. The van der Waals surface area contributed by atoms with E-state index in [4.69, 9.17) is 4.74 Å². The van der Waals surface area contributed by atoms with Crippen LogP contribution in [0.1, 0.15) is 38.1 Å². The van der Waals surface area contributed by atoms with Crippen LogP contribution < -0.4 is 5.32 Å². The molecular formula is C22H20FNO3S. The SMILES string of the molecule is CCOC(=O)c1c(NC(=O)c2ccc(C)cc2)sc(C)c1-c1ccc(F)cc1. The number of esters is 1. The molecule has 0 saturated heterocycles. The molecule has 0 bridgehead atoms. The van der Waals surface area contributed by atoms with Crippen molar-refractivity contribution in [1.82, 2.24) is 0 Å². The maximum Gasteiger partial charge on any atom is 0.341 e. The number of nitrogens with one attached hydrogen (secondary N) is 1. The van der Waals surface area contributed by atoms with E-state index in [1.54, 1.807) is 31.2 Å². The molecular weight excluding hydrogens is 377 g/mol. The number of thiophene rings is 1. The summed E-state index contributed by atoms with van der Waals surface area (Å²) in [5, 5.41) is 3.25. The highest BCUT2D eigenvalue weighted by Gasteiger charge is 2.25. The normalized spacial score (nSPS) is 10.6. The van der Waals surface area contributed by atoms with Crippen LogP contribution in [0.5, 0.6) is 0 Å². The number of aryl methyl sites for hydroxylation is 2. The van der Waals surface area contributed by atoms with Crippen LogP contribution in [0.3, 0.4) is 0 Å². The molecule has 1 heterocycles. The Bertz CT molecular complexity index is 1010. The Labute approximate surface area is 167 Å². The van der Waals surface area contributed by atoms with Crippen LogP contribution in [0.2, 0.25) is 0 Å². The van der Waals surface area contributed by atoms with E-state index in [-0.39, 0.29) is 23.9 Å². The summed E-state index contributed by atoms with van der Waals surface area (Å²) in [5.74, 6) is -1.19. The molecule has 1 N–H and O–H groups in total. The Balaban J connectivity index is 2.04. The fraction of sp³-hybridized carbons (Fsp3) is 0.182. The van der Waals surface area contributed by atoms with Crippen molar-refractivity contribution in [3.63, 3.8) is 0 Å². The second kappa shape index (κ2) is 8.35. The number of hydrogen-bond acceptors (Lipinski definition) is 4. The highest BCUT2D eigenvalue weighted by atomic mass is 32.1. The summed E-state index contributed by atoms with van der Waals surface area (Å²) in [7, 11) is 0. The summed E-state index contributed by atoms with van der Waals surface area (Å²) in [5.41, 5.74) is 3.16. The topological polar surface area (TPSA) is 55.4 Å². The summed E-state index contributed by atoms with van der Waals surface area (Å²) in [6.07, 6.45) is 0. The molecule has 28 heavy (non-hydrogen) atoms. The zero-order valence-electron chi connectivity index (χ0n) is 15.8. The number of anilines is 1. The van der Waals surface area contributed by atoms with E-state index in [9.17, 15) is 14.0 Å². The Morgan fingerprint density at radius 1 is 1.04 bits per heavy atom. The molecule has 2 aromatic carbocycles. The third-order valence-electron chi connectivity index (χ3n) is 4.24. The van der Waals surface area contributed by atoms with Gasteiger partial charge in [0.15, 0.2) is 0 Å². The molecule has 1 aromatic heterocycles. The van der Waals surface area contributed by atoms with Crippen LogP contribution in [0.15, 0.2) is 48.5 Å². The van der Waals surface area contributed by atoms with E-state index in [0.717, 1.165) is 10.4 Å². The molecule has 4 nitrogen and oxygen atoms in total. The number of carbonyl (C=O) groups excluding carboxylic acids is 2. The molecule has 0 saturated carbocycles. The fourth-order valence-corrected chi connectivity index (χ4v) is 3.93. The highest BCUT2D eigenvalue weighted by Crippen LogP contribution is 2.40. The van der Waals surface area contributed by atoms with Crippen LogP contribution in [-0.4, -0.2) is 18.5 Å². The van der Waals surface area contributed by atoms with Gasteiger partial charge in [0, 0.05) is 16.0 Å². The van der Waals surface area contributed by atoms with Gasteiger partial charge in [-0.25, -0.2) is 9.18 Å². The molecule has 1 amide bonds. The van der Waals surface area contributed by atoms with E-state index < -0.39 is 5.97 Å². The standard InChI is InChI=1S/C22H20FNO3S/c1-4-27-22(26)19-18(15-9-11-17(23)12-10-15)14(3)28-21(19)24-20(25)16-7-5-13(2)6-8-16/h5-12H,4H2,1-3H3,(H,24,25). The molecule has 0 aliphatic rings. The number of amides is 1. The van der Waals surface area contributed by atoms with Gasteiger partial charge in [0.25, 0.3) is 5.91 Å². The van der Waals surface area contributed by atoms with Gasteiger partial charge >= 0.3 is 5.97 Å². The van der Waals surface area contributed by atoms with Crippen molar-refractivity contribution in [3.05, 3.63) is 75.9 Å². The lowest BCUT2D eigenvalue weighted by atomic mass is 10.0. The van der Waals surface area contributed by atoms with Gasteiger partial charge in [0.2, 0.25) is 0 Å². The minimum Gasteiger partial charge on any atom is -0.462 e. The van der Waals surface area contributed by atoms with Gasteiger partial charge in [-0.1, -0.05) is 29.8 Å². The molecule has 144 valence electrons. The molecule has 0 fully saturated rings. The Kier molecular flexibility index (Phi) is 5.90. The number of halogens is 1. The lowest BCUT2D eigenvalue weighted by Crippen LogP contribution is -2.14.